The molecule has 5 nitrogen and oxygen atoms in total. The van der Waals surface area contributed by atoms with Crippen molar-refractivity contribution < 1.29 is 13.9 Å². The van der Waals surface area contributed by atoms with Crippen LogP contribution in [-0.2, 0) is 5.75 Å². The van der Waals surface area contributed by atoms with E-state index in [4.69, 9.17) is 4.74 Å². The van der Waals surface area contributed by atoms with E-state index in [0.717, 1.165) is 35.6 Å². The highest BCUT2D eigenvalue weighted by molar-refractivity contribution is 7.98. The van der Waals surface area contributed by atoms with Gasteiger partial charge in [-0.2, -0.15) is 0 Å². The maximum absolute atomic E-state index is 14.2. The number of hydrogen-bond donors (Lipinski definition) is 0. The van der Waals surface area contributed by atoms with Gasteiger partial charge in [0.1, 0.15) is 17.9 Å². The molecular weight excluding hydrogens is 365 g/mol. The maximum atomic E-state index is 14.2. The summed E-state index contributed by atoms with van der Waals surface area (Å²) in [5, 5.41) is 9.31. The summed E-state index contributed by atoms with van der Waals surface area (Å²) in [4.78, 5) is 11.1. The molecule has 1 fully saturated rings. The second-order valence-electron chi connectivity index (χ2n) is 6.37. The molecule has 0 saturated heterocycles. The van der Waals surface area contributed by atoms with Gasteiger partial charge in [-0.3, -0.25) is 9.36 Å². The quantitative estimate of drug-likeness (QED) is 0.443. The molecule has 1 aliphatic rings. The smallest absolute Gasteiger partial charge is 0.192 e. The monoisotopic (exact) mass is 383 g/mol. The van der Waals surface area contributed by atoms with Crippen molar-refractivity contribution in [3.8, 4) is 17.1 Å². The predicted molar refractivity (Wildman–Crippen MR) is 102 cm³/mol. The number of thioether (sulfide) groups is 1. The molecule has 7 heteroatoms. The molecule has 0 bridgehead atoms. The van der Waals surface area contributed by atoms with Crippen LogP contribution in [0.3, 0.4) is 0 Å². The Hall–Kier alpha value is -2.67. The van der Waals surface area contributed by atoms with Crippen LogP contribution in [-0.4, -0.2) is 28.2 Å². The van der Waals surface area contributed by atoms with Gasteiger partial charge >= 0.3 is 0 Å². The molecule has 0 spiro atoms. The van der Waals surface area contributed by atoms with Gasteiger partial charge in [-0.1, -0.05) is 23.9 Å². The van der Waals surface area contributed by atoms with Crippen LogP contribution in [0.2, 0.25) is 0 Å². The van der Waals surface area contributed by atoms with Crippen molar-refractivity contribution in [1.82, 2.24) is 14.8 Å². The van der Waals surface area contributed by atoms with Gasteiger partial charge in [-0.15, -0.1) is 10.2 Å². The van der Waals surface area contributed by atoms with E-state index >= 15 is 0 Å². The minimum Gasteiger partial charge on any atom is -0.496 e. The number of methoxy groups -OCH3 is 1. The number of ether oxygens (including phenoxy) is 1. The van der Waals surface area contributed by atoms with Crippen molar-refractivity contribution in [2.24, 2.45) is 0 Å². The Morgan fingerprint density at radius 3 is 2.78 bits per heavy atom. The largest absolute Gasteiger partial charge is 0.496 e. The highest BCUT2D eigenvalue weighted by Gasteiger charge is 2.31. The molecule has 0 radical (unpaired) electrons. The van der Waals surface area contributed by atoms with E-state index in [-0.39, 0.29) is 5.82 Å². The van der Waals surface area contributed by atoms with E-state index in [1.54, 1.807) is 37.4 Å². The summed E-state index contributed by atoms with van der Waals surface area (Å²) in [6.45, 7) is 0. The van der Waals surface area contributed by atoms with Crippen molar-refractivity contribution in [2.45, 2.75) is 29.8 Å². The van der Waals surface area contributed by atoms with Crippen LogP contribution in [0.25, 0.3) is 11.4 Å². The zero-order valence-electron chi connectivity index (χ0n) is 14.8. The lowest BCUT2D eigenvalue weighted by atomic mass is 10.1. The second kappa shape index (κ2) is 7.52. The molecule has 1 aliphatic carbocycles. The molecule has 0 atom stereocenters. The third kappa shape index (κ3) is 3.60. The fourth-order valence-electron chi connectivity index (χ4n) is 2.99. The van der Waals surface area contributed by atoms with Crippen molar-refractivity contribution in [2.75, 3.05) is 7.11 Å². The molecule has 0 amide bonds. The van der Waals surface area contributed by atoms with Crippen LogP contribution in [0.4, 0.5) is 4.39 Å². The van der Waals surface area contributed by atoms with Gasteiger partial charge in [0.25, 0.3) is 0 Å². The molecule has 0 N–H and O–H groups in total. The summed E-state index contributed by atoms with van der Waals surface area (Å²) < 4.78 is 21.7. The number of nitrogens with zero attached hydrogens (tertiary/aromatic N) is 3. The molecule has 0 unspecified atom stereocenters. The van der Waals surface area contributed by atoms with Crippen LogP contribution in [0.15, 0.2) is 47.6 Å². The molecule has 2 aromatic carbocycles. The zero-order chi connectivity index (χ0) is 18.8. The van der Waals surface area contributed by atoms with Crippen LogP contribution in [0.5, 0.6) is 5.75 Å². The standard InChI is InChI=1S/C20H18FN3O2S/c1-26-18-9-6-13(11-25)10-14(18)12-27-20-23-22-19(24(20)15-7-8-15)16-4-2-3-5-17(16)21/h2-6,9-11,15H,7-8,12H2,1H3. The van der Waals surface area contributed by atoms with Crippen LogP contribution in [0, 0.1) is 5.82 Å². The minimum atomic E-state index is -0.302. The zero-order valence-corrected chi connectivity index (χ0v) is 15.6. The highest BCUT2D eigenvalue weighted by Crippen LogP contribution is 2.42. The first kappa shape index (κ1) is 17.7. The fourth-order valence-corrected chi connectivity index (χ4v) is 3.97. The summed E-state index contributed by atoms with van der Waals surface area (Å²) in [6, 6.07) is 12.3. The first-order valence-electron chi connectivity index (χ1n) is 8.66. The van der Waals surface area contributed by atoms with E-state index in [1.165, 1.54) is 17.8 Å². The molecule has 0 aliphatic heterocycles. The Kier molecular flexibility index (Phi) is 4.94. The van der Waals surface area contributed by atoms with Gasteiger partial charge in [0.15, 0.2) is 11.0 Å². The summed E-state index contributed by atoms with van der Waals surface area (Å²) in [6.07, 6.45) is 2.89. The van der Waals surface area contributed by atoms with E-state index in [2.05, 4.69) is 10.2 Å². The Morgan fingerprint density at radius 1 is 1.26 bits per heavy atom. The molecular formula is C20H18FN3O2S. The van der Waals surface area contributed by atoms with E-state index in [9.17, 15) is 9.18 Å². The molecule has 1 aromatic heterocycles. The third-order valence-corrected chi connectivity index (χ3v) is 5.48. The van der Waals surface area contributed by atoms with Crippen molar-refractivity contribution in [3.05, 3.63) is 59.4 Å². The molecule has 1 saturated carbocycles. The average Bonchev–Trinajstić information content (AvgIpc) is 3.46. The van der Waals surface area contributed by atoms with Crippen molar-refractivity contribution in [1.29, 1.82) is 0 Å². The molecule has 3 aromatic rings. The maximum Gasteiger partial charge on any atom is 0.192 e. The molecule has 1 heterocycles. The topological polar surface area (TPSA) is 57.0 Å². The van der Waals surface area contributed by atoms with Gasteiger partial charge < -0.3 is 4.74 Å². The number of carbonyl (C=O) groups excluding carboxylic acids is 1. The van der Waals surface area contributed by atoms with Crippen LogP contribution in [0.1, 0.15) is 34.8 Å². The van der Waals surface area contributed by atoms with Gasteiger partial charge in [-0.05, 0) is 43.2 Å². The number of halogens is 1. The van der Waals surface area contributed by atoms with Gasteiger partial charge in [0.2, 0.25) is 0 Å². The Labute approximate surface area is 160 Å². The van der Waals surface area contributed by atoms with Crippen molar-refractivity contribution in [3.63, 3.8) is 0 Å². The van der Waals surface area contributed by atoms with Gasteiger partial charge in [0.05, 0.1) is 12.7 Å². The lowest BCUT2D eigenvalue weighted by Crippen LogP contribution is -2.01. The summed E-state index contributed by atoms with van der Waals surface area (Å²) in [5.74, 6) is 1.56. The summed E-state index contributed by atoms with van der Waals surface area (Å²) in [5.41, 5.74) is 1.97. The highest BCUT2D eigenvalue weighted by atomic mass is 32.2. The Bertz CT molecular complexity index is 985. The van der Waals surface area contributed by atoms with Crippen molar-refractivity contribution >= 4 is 18.0 Å². The van der Waals surface area contributed by atoms with E-state index < -0.39 is 0 Å². The SMILES string of the molecule is COc1ccc(C=O)cc1CSc1nnc(-c2ccccc2F)n1C1CC1. The summed E-state index contributed by atoms with van der Waals surface area (Å²) in [7, 11) is 1.60. The number of carbonyl (C=O) groups is 1. The minimum absolute atomic E-state index is 0.302. The van der Waals surface area contributed by atoms with Crippen LogP contribution >= 0.6 is 11.8 Å². The van der Waals surface area contributed by atoms with E-state index in [1.807, 2.05) is 10.6 Å². The molecule has 27 heavy (non-hydrogen) atoms. The number of rotatable bonds is 7. The van der Waals surface area contributed by atoms with Gasteiger partial charge in [-0.25, -0.2) is 4.39 Å². The number of benzene rings is 2. The fraction of sp³-hybridized carbons (Fsp3) is 0.250. The first-order valence-corrected chi connectivity index (χ1v) is 9.64. The predicted octanol–water partition coefficient (Wildman–Crippen LogP) is 4.53. The normalized spacial score (nSPS) is 13.6. The number of hydrogen-bond acceptors (Lipinski definition) is 5. The van der Waals surface area contributed by atoms with E-state index in [0.29, 0.717) is 28.7 Å². The Balaban J connectivity index is 1.64. The number of aromatic nitrogens is 3. The van der Waals surface area contributed by atoms with Gasteiger partial charge in [0, 0.05) is 22.9 Å². The molecule has 138 valence electrons. The number of aldehydes is 1. The van der Waals surface area contributed by atoms with Crippen LogP contribution < -0.4 is 4.74 Å². The first-order chi connectivity index (χ1) is 13.2. The second-order valence-corrected chi connectivity index (χ2v) is 7.31. The molecule has 4 rings (SSSR count). The lowest BCUT2D eigenvalue weighted by molar-refractivity contribution is 0.112. The third-order valence-electron chi connectivity index (χ3n) is 4.49. The summed E-state index contributed by atoms with van der Waals surface area (Å²) >= 11 is 1.51. The Morgan fingerprint density at radius 2 is 2.07 bits per heavy atom. The average molecular weight is 383 g/mol. The lowest BCUT2D eigenvalue weighted by Gasteiger charge is -2.11.